The highest BCUT2D eigenvalue weighted by atomic mass is 79.9. The first-order valence-electron chi connectivity index (χ1n) is 10.1. The first kappa shape index (κ1) is 25.9. The number of nitro groups is 1. The Kier molecular flexibility index (Phi) is 8.60. The van der Waals surface area contributed by atoms with Gasteiger partial charge in [0, 0.05) is 22.6 Å². The van der Waals surface area contributed by atoms with Gasteiger partial charge in [0.2, 0.25) is 0 Å². The fourth-order valence-electron chi connectivity index (χ4n) is 2.91. The first-order valence-corrected chi connectivity index (χ1v) is 11.8. The molecule has 35 heavy (non-hydrogen) atoms. The van der Waals surface area contributed by atoms with Crippen LogP contribution >= 0.6 is 27.7 Å². The molecule has 182 valence electrons. The van der Waals surface area contributed by atoms with Crippen LogP contribution < -0.4 is 15.3 Å². The second-order valence-corrected chi connectivity index (χ2v) is 9.25. The van der Waals surface area contributed by atoms with Gasteiger partial charge in [-0.15, -0.1) is 16.8 Å². The van der Waals surface area contributed by atoms with Crippen molar-refractivity contribution in [1.82, 2.24) is 20.2 Å². The molecule has 1 heterocycles. The summed E-state index contributed by atoms with van der Waals surface area (Å²) in [5.41, 5.74) is 2.77. The van der Waals surface area contributed by atoms with Crippen LogP contribution in [0.4, 0.5) is 5.69 Å². The Labute approximate surface area is 213 Å². The summed E-state index contributed by atoms with van der Waals surface area (Å²) >= 11 is 4.58. The maximum absolute atomic E-state index is 12.6. The molecule has 0 saturated carbocycles. The van der Waals surface area contributed by atoms with Crippen molar-refractivity contribution in [3.05, 3.63) is 69.2 Å². The number of nitrogens with one attached hydrogen (secondary N) is 1. The number of nitro benzene ring substituents is 1. The molecule has 1 atom stereocenters. The van der Waals surface area contributed by atoms with Gasteiger partial charge < -0.3 is 9.84 Å². The van der Waals surface area contributed by atoms with Gasteiger partial charge in [-0.2, -0.15) is 5.10 Å². The number of aromatic nitrogens is 3. The molecule has 1 amide bonds. The van der Waals surface area contributed by atoms with Gasteiger partial charge in [0.05, 0.1) is 29.6 Å². The Morgan fingerprint density at radius 1 is 1.37 bits per heavy atom. The lowest BCUT2D eigenvalue weighted by atomic mass is 10.2. The molecule has 0 aliphatic rings. The molecule has 13 heteroatoms. The highest BCUT2D eigenvalue weighted by Crippen LogP contribution is 2.31. The van der Waals surface area contributed by atoms with E-state index >= 15 is 0 Å². The number of nitrogens with zero attached hydrogens (tertiary/aromatic N) is 5. The Balaban J connectivity index is 1.73. The number of halogens is 1. The fraction of sp³-hybridized carbons (Fsp3) is 0.182. The number of amides is 1. The average molecular weight is 560 g/mol. The zero-order valence-corrected chi connectivity index (χ0v) is 21.1. The molecular weight excluding hydrogens is 540 g/mol. The molecule has 0 unspecified atom stereocenters. The number of allylic oxidation sites excluding steroid dienone is 1. The number of hydrogen-bond donors (Lipinski definition) is 1. The molecule has 1 N–H and O–H groups in total. The van der Waals surface area contributed by atoms with Crippen LogP contribution in [0.1, 0.15) is 12.5 Å². The molecular formula is C22H20BrN6O5S-. The second-order valence-electron chi connectivity index (χ2n) is 7.03. The largest absolute Gasteiger partial charge is 0.870 e. The highest BCUT2D eigenvalue weighted by molar-refractivity contribution is 9.10. The van der Waals surface area contributed by atoms with Crippen molar-refractivity contribution in [3.8, 4) is 22.9 Å². The first-order chi connectivity index (χ1) is 16.7. The number of rotatable bonds is 10. The highest BCUT2D eigenvalue weighted by Gasteiger charge is 2.20. The number of non-ortho nitro benzene ring substituents is 1. The number of hydrogen-bond acceptors (Lipinski definition) is 9. The third-order valence-corrected chi connectivity index (χ3v) is 6.27. The molecule has 11 nitrogen and oxygen atoms in total. The average Bonchev–Trinajstić information content (AvgIpc) is 3.22. The van der Waals surface area contributed by atoms with E-state index in [1.54, 1.807) is 13.0 Å². The third kappa shape index (κ3) is 6.25. The maximum atomic E-state index is 12.6. The quantitative estimate of drug-likeness (QED) is 0.130. The summed E-state index contributed by atoms with van der Waals surface area (Å²) in [6.45, 7) is 5.88. The van der Waals surface area contributed by atoms with Crippen molar-refractivity contribution in [2.24, 2.45) is 5.10 Å². The molecule has 0 aliphatic carbocycles. The van der Waals surface area contributed by atoms with Crippen LogP contribution in [-0.2, 0) is 11.3 Å². The summed E-state index contributed by atoms with van der Waals surface area (Å²) in [6, 6.07) is 9.68. The summed E-state index contributed by atoms with van der Waals surface area (Å²) in [5.74, 6) is -0.613. The van der Waals surface area contributed by atoms with E-state index < -0.39 is 21.8 Å². The number of hydrazone groups is 1. The van der Waals surface area contributed by atoms with E-state index in [9.17, 15) is 20.0 Å². The van der Waals surface area contributed by atoms with Crippen molar-refractivity contribution in [2.75, 3.05) is 7.11 Å². The van der Waals surface area contributed by atoms with Crippen molar-refractivity contribution < 1.29 is 19.6 Å². The molecule has 0 spiro atoms. The van der Waals surface area contributed by atoms with E-state index in [1.165, 1.54) is 18.9 Å². The van der Waals surface area contributed by atoms with Crippen LogP contribution in [0, 0.1) is 10.1 Å². The summed E-state index contributed by atoms with van der Waals surface area (Å²) in [7, 11) is 1.23. The van der Waals surface area contributed by atoms with Crippen molar-refractivity contribution in [3.63, 3.8) is 0 Å². The minimum Gasteiger partial charge on any atom is -0.870 e. The molecule has 3 rings (SSSR count). The van der Waals surface area contributed by atoms with Gasteiger partial charge >= 0.3 is 0 Å². The maximum Gasteiger partial charge on any atom is 0.273 e. The van der Waals surface area contributed by atoms with Gasteiger partial charge in [0.15, 0.2) is 11.0 Å². The normalized spacial score (nSPS) is 11.9. The lowest BCUT2D eigenvalue weighted by molar-refractivity contribution is -0.385. The van der Waals surface area contributed by atoms with Crippen LogP contribution in [0.5, 0.6) is 11.5 Å². The minimum atomic E-state index is -0.654. The third-order valence-electron chi connectivity index (χ3n) is 4.66. The summed E-state index contributed by atoms with van der Waals surface area (Å²) in [6.07, 6.45) is 2.75. The predicted octanol–water partition coefficient (Wildman–Crippen LogP) is 3.51. The lowest BCUT2D eigenvalue weighted by Gasteiger charge is -2.15. The SMILES string of the molecule is C=CCn1c(S[C@H](C)C(=O)N/N=C\c2cc([N+](=O)[O-])cc(OC)c2[O-])nnc1-c1ccc(Br)cc1. The van der Waals surface area contributed by atoms with Crippen LogP contribution in [-0.4, -0.2) is 44.2 Å². The van der Waals surface area contributed by atoms with E-state index in [2.05, 4.69) is 43.2 Å². The Hall–Kier alpha value is -3.71. The van der Waals surface area contributed by atoms with E-state index in [1.807, 2.05) is 28.8 Å². The van der Waals surface area contributed by atoms with E-state index in [0.717, 1.165) is 28.4 Å². The standard InChI is InChI=1S/C22H21BrN6O5S/c1-4-9-28-20(14-5-7-16(23)8-6-14)25-27-22(28)35-13(2)21(31)26-24-12-15-10-17(29(32)33)11-18(34-3)19(15)30/h4-8,10-13,30H,1,9H2,2-3H3,(H,26,31)/p-1/b24-12-/t13-/m1/s1. The molecule has 0 radical (unpaired) electrons. The van der Waals surface area contributed by atoms with Gasteiger partial charge in [-0.25, -0.2) is 5.43 Å². The van der Waals surface area contributed by atoms with Gasteiger partial charge in [-0.3, -0.25) is 19.5 Å². The number of benzene rings is 2. The number of carbonyl (C=O) groups is 1. The zero-order valence-electron chi connectivity index (χ0n) is 18.7. The second kappa shape index (κ2) is 11.6. The van der Waals surface area contributed by atoms with Gasteiger partial charge in [0.1, 0.15) is 5.75 Å². The Morgan fingerprint density at radius 3 is 2.71 bits per heavy atom. The Morgan fingerprint density at radius 2 is 2.09 bits per heavy atom. The molecule has 0 aliphatic heterocycles. The smallest absolute Gasteiger partial charge is 0.273 e. The number of methoxy groups -OCH3 is 1. The monoisotopic (exact) mass is 559 g/mol. The summed E-state index contributed by atoms with van der Waals surface area (Å²) in [4.78, 5) is 23.0. The van der Waals surface area contributed by atoms with Crippen LogP contribution in [0.3, 0.4) is 0 Å². The zero-order chi connectivity index (χ0) is 25.5. The van der Waals surface area contributed by atoms with Gasteiger partial charge in [-0.05, 0) is 24.6 Å². The number of thioether (sulfide) groups is 1. The molecule has 0 saturated heterocycles. The molecule has 0 bridgehead atoms. The lowest BCUT2D eigenvalue weighted by Crippen LogP contribution is -2.27. The molecule has 1 aromatic heterocycles. The van der Waals surface area contributed by atoms with Crippen LogP contribution in [0.2, 0.25) is 0 Å². The van der Waals surface area contributed by atoms with Crippen LogP contribution in [0.25, 0.3) is 11.4 Å². The molecule has 0 fully saturated rings. The topological polar surface area (TPSA) is 148 Å². The van der Waals surface area contributed by atoms with E-state index in [-0.39, 0.29) is 17.0 Å². The summed E-state index contributed by atoms with van der Waals surface area (Å²) in [5, 5.41) is 35.5. The molecule has 2 aromatic carbocycles. The number of ether oxygens (including phenoxy) is 1. The fourth-order valence-corrected chi connectivity index (χ4v) is 4.03. The molecule has 3 aromatic rings. The van der Waals surface area contributed by atoms with Gasteiger partial charge in [-0.1, -0.05) is 51.7 Å². The number of carbonyl (C=O) groups excluding carboxylic acids is 1. The Bertz CT molecular complexity index is 1280. The van der Waals surface area contributed by atoms with Crippen molar-refractivity contribution >= 4 is 45.5 Å². The predicted molar refractivity (Wildman–Crippen MR) is 134 cm³/mol. The minimum absolute atomic E-state index is 0.0958. The van der Waals surface area contributed by atoms with Crippen molar-refractivity contribution in [1.29, 1.82) is 0 Å². The van der Waals surface area contributed by atoms with Crippen molar-refractivity contribution in [2.45, 2.75) is 23.9 Å². The van der Waals surface area contributed by atoms with E-state index in [0.29, 0.717) is 17.5 Å². The van der Waals surface area contributed by atoms with Gasteiger partial charge in [0.25, 0.3) is 11.6 Å². The summed E-state index contributed by atoms with van der Waals surface area (Å²) < 4.78 is 7.66. The van der Waals surface area contributed by atoms with E-state index in [4.69, 9.17) is 4.74 Å². The van der Waals surface area contributed by atoms with Crippen LogP contribution in [0.15, 0.2) is 63.8 Å².